The second kappa shape index (κ2) is 6.26. The van der Waals surface area contributed by atoms with Crippen LogP contribution in [-0.4, -0.2) is 46.5 Å². The number of piperidine rings is 1. The number of sulfonamides is 1. The first-order chi connectivity index (χ1) is 9.42. The predicted octanol–water partition coefficient (Wildman–Crippen LogP) is 0.680. The smallest absolute Gasteiger partial charge is 0.244 e. The molecule has 0 amide bonds. The fourth-order valence-corrected chi connectivity index (χ4v) is 4.06. The number of nitrogens with one attached hydrogen (secondary N) is 2. The van der Waals surface area contributed by atoms with Gasteiger partial charge in [0.15, 0.2) is 0 Å². The Bertz CT molecular complexity index is 553. The highest BCUT2D eigenvalue weighted by Crippen LogP contribution is 2.21. The van der Waals surface area contributed by atoms with Crippen molar-refractivity contribution in [2.75, 3.05) is 27.2 Å². The van der Waals surface area contributed by atoms with Gasteiger partial charge in [0.25, 0.3) is 0 Å². The lowest BCUT2D eigenvalue weighted by Gasteiger charge is -2.29. The third-order valence-electron chi connectivity index (χ3n) is 3.51. The summed E-state index contributed by atoms with van der Waals surface area (Å²) in [5.41, 5.74) is 0. The van der Waals surface area contributed by atoms with Gasteiger partial charge in [-0.05, 0) is 40.4 Å². The van der Waals surface area contributed by atoms with Crippen LogP contribution in [0.15, 0.2) is 15.4 Å². The van der Waals surface area contributed by atoms with Crippen LogP contribution in [0.1, 0.15) is 24.4 Å². The number of nitrogens with zero attached hydrogens (tertiary/aromatic N) is 1. The first-order valence-electron chi connectivity index (χ1n) is 6.87. The summed E-state index contributed by atoms with van der Waals surface area (Å²) in [5, 5.41) is 2.95. The minimum Gasteiger partial charge on any atom is -0.464 e. The van der Waals surface area contributed by atoms with Gasteiger partial charge in [0.2, 0.25) is 10.0 Å². The van der Waals surface area contributed by atoms with Crippen LogP contribution in [0.2, 0.25) is 0 Å². The third kappa shape index (κ3) is 3.60. The van der Waals surface area contributed by atoms with E-state index in [0.29, 0.717) is 18.1 Å². The maximum atomic E-state index is 12.4. The topological polar surface area (TPSA) is 74.6 Å². The Labute approximate surface area is 120 Å². The molecule has 2 rings (SSSR count). The lowest BCUT2D eigenvalue weighted by Crippen LogP contribution is -2.46. The number of likely N-dealkylation sites (N-methyl/N-ethyl adjacent to an activating group) is 1. The molecule has 1 aromatic rings. The van der Waals surface area contributed by atoms with Crippen molar-refractivity contribution in [1.29, 1.82) is 0 Å². The Morgan fingerprint density at radius 2 is 2.25 bits per heavy atom. The first kappa shape index (κ1) is 15.5. The van der Waals surface area contributed by atoms with E-state index >= 15 is 0 Å². The highest BCUT2D eigenvalue weighted by molar-refractivity contribution is 7.89. The molecule has 1 aromatic heterocycles. The zero-order valence-corrected chi connectivity index (χ0v) is 13.1. The summed E-state index contributed by atoms with van der Waals surface area (Å²) in [5.74, 6) is 1.07. The van der Waals surface area contributed by atoms with Crippen LogP contribution in [0.5, 0.6) is 0 Å². The lowest BCUT2D eigenvalue weighted by molar-refractivity contribution is 0.242. The van der Waals surface area contributed by atoms with E-state index < -0.39 is 10.0 Å². The number of rotatable bonds is 5. The summed E-state index contributed by atoms with van der Waals surface area (Å²) < 4.78 is 33.1. The van der Waals surface area contributed by atoms with Gasteiger partial charge < -0.3 is 14.6 Å². The molecule has 0 aromatic carbocycles. The van der Waals surface area contributed by atoms with Crippen molar-refractivity contribution in [2.24, 2.45) is 0 Å². The van der Waals surface area contributed by atoms with Crippen molar-refractivity contribution in [3.63, 3.8) is 0 Å². The summed E-state index contributed by atoms with van der Waals surface area (Å²) in [6.45, 7) is 3.97. The highest BCUT2D eigenvalue weighted by Gasteiger charge is 2.26. The Kier molecular flexibility index (Phi) is 4.85. The molecule has 2 N–H and O–H groups in total. The molecular formula is C13H23N3O3S. The van der Waals surface area contributed by atoms with Gasteiger partial charge in [-0.3, -0.25) is 0 Å². The van der Waals surface area contributed by atoms with Crippen molar-refractivity contribution >= 4 is 10.0 Å². The van der Waals surface area contributed by atoms with Gasteiger partial charge in [-0.15, -0.1) is 0 Å². The fraction of sp³-hybridized carbons (Fsp3) is 0.692. The molecule has 0 aliphatic carbocycles. The Morgan fingerprint density at radius 3 is 2.90 bits per heavy atom. The summed E-state index contributed by atoms with van der Waals surface area (Å²) in [6, 6.07) is 1.57. The summed E-state index contributed by atoms with van der Waals surface area (Å²) in [6.07, 6.45) is 1.89. The van der Waals surface area contributed by atoms with Crippen LogP contribution in [-0.2, 0) is 16.6 Å². The molecule has 0 radical (unpaired) electrons. The van der Waals surface area contributed by atoms with Gasteiger partial charge in [0.1, 0.15) is 16.4 Å². The summed E-state index contributed by atoms with van der Waals surface area (Å²) >= 11 is 0. The molecule has 1 saturated heterocycles. The van der Waals surface area contributed by atoms with E-state index in [1.807, 2.05) is 7.05 Å². The minimum atomic E-state index is -3.51. The molecular weight excluding hydrogens is 278 g/mol. The minimum absolute atomic E-state index is 0.0270. The highest BCUT2D eigenvalue weighted by atomic mass is 32.2. The average Bonchev–Trinajstić information content (AvgIpc) is 2.71. The SMILES string of the molecule is CNCc1cc(S(=O)(=O)NC2CCCN(C)C2)c(C)o1. The maximum absolute atomic E-state index is 12.4. The molecule has 1 atom stereocenters. The van der Waals surface area contributed by atoms with E-state index in [2.05, 4.69) is 14.9 Å². The van der Waals surface area contributed by atoms with Gasteiger partial charge >= 0.3 is 0 Å². The molecule has 114 valence electrons. The quantitative estimate of drug-likeness (QED) is 0.836. The van der Waals surface area contributed by atoms with Crippen LogP contribution in [0.3, 0.4) is 0 Å². The van der Waals surface area contributed by atoms with Gasteiger partial charge in [0.05, 0.1) is 6.54 Å². The monoisotopic (exact) mass is 301 g/mol. The normalized spacial score (nSPS) is 21.2. The van der Waals surface area contributed by atoms with E-state index in [9.17, 15) is 8.42 Å². The molecule has 6 nitrogen and oxygen atoms in total. The van der Waals surface area contributed by atoms with Gasteiger partial charge in [-0.25, -0.2) is 13.1 Å². The Hall–Kier alpha value is -0.890. The summed E-state index contributed by atoms with van der Waals surface area (Å²) in [7, 11) is 0.293. The van der Waals surface area contributed by atoms with Gasteiger partial charge in [0, 0.05) is 18.7 Å². The average molecular weight is 301 g/mol. The van der Waals surface area contributed by atoms with Crippen molar-refractivity contribution in [1.82, 2.24) is 14.9 Å². The molecule has 0 spiro atoms. The molecule has 0 saturated carbocycles. The van der Waals surface area contributed by atoms with E-state index in [4.69, 9.17) is 4.42 Å². The molecule has 1 fully saturated rings. The summed E-state index contributed by atoms with van der Waals surface area (Å²) in [4.78, 5) is 2.39. The predicted molar refractivity (Wildman–Crippen MR) is 77.0 cm³/mol. The lowest BCUT2D eigenvalue weighted by atomic mass is 10.1. The molecule has 7 heteroatoms. The van der Waals surface area contributed by atoms with Crippen molar-refractivity contribution in [3.05, 3.63) is 17.6 Å². The number of likely N-dealkylation sites (tertiary alicyclic amines) is 1. The van der Waals surface area contributed by atoms with Crippen LogP contribution in [0.4, 0.5) is 0 Å². The fourth-order valence-electron chi connectivity index (χ4n) is 2.60. The Balaban J connectivity index is 2.13. The van der Waals surface area contributed by atoms with Crippen LogP contribution in [0.25, 0.3) is 0 Å². The number of aryl methyl sites for hydroxylation is 1. The number of furan rings is 1. The molecule has 0 bridgehead atoms. The van der Waals surface area contributed by atoms with E-state index in [0.717, 1.165) is 25.9 Å². The standard InChI is InChI=1S/C13H23N3O3S/c1-10-13(7-12(19-10)8-14-2)20(17,18)15-11-5-4-6-16(3)9-11/h7,11,14-15H,4-6,8-9H2,1-3H3. The molecule has 2 heterocycles. The molecule has 1 unspecified atom stereocenters. The van der Waals surface area contributed by atoms with Gasteiger partial charge in [-0.1, -0.05) is 0 Å². The number of hydrogen-bond acceptors (Lipinski definition) is 5. The van der Waals surface area contributed by atoms with E-state index in [-0.39, 0.29) is 10.9 Å². The molecule has 1 aliphatic heterocycles. The molecule has 1 aliphatic rings. The largest absolute Gasteiger partial charge is 0.464 e. The second-order valence-electron chi connectivity index (χ2n) is 5.39. The zero-order valence-electron chi connectivity index (χ0n) is 12.3. The zero-order chi connectivity index (χ0) is 14.8. The van der Waals surface area contributed by atoms with Gasteiger partial charge in [-0.2, -0.15) is 0 Å². The van der Waals surface area contributed by atoms with Crippen LogP contribution < -0.4 is 10.0 Å². The van der Waals surface area contributed by atoms with Crippen LogP contribution in [0, 0.1) is 6.92 Å². The van der Waals surface area contributed by atoms with E-state index in [1.165, 1.54) is 0 Å². The molecule has 20 heavy (non-hydrogen) atoms. The second-order valence-corrected chi connectivity index (χ2v) is 7.07. The first-order valence-corrected chi connectivity index (χ1v) is 8.35. The maximum Gasteiger partial charge on any atom is 0.244 e. The Morgan fingerprint density at radius 1 is 1.50 bits per heavy atom. The number of hydrogen-bond donors (Lipinski definition) is 2. The van der Waals surface area contributed by atoms with Crippen molar-refractivity contribution in [3.8, 4) is 0 Å². The van der Waals surface area contributed by atoms with Crippen molar-refractivity contribution in [2.45, 2.75) is 37.2 Å². The third-order valence-corrected chi connectivity index (χ3v) is 5.14. The van der Waals surface area contributed by atoms with Crippen molar-refractivity contribution < 1.29 is 12.8 Å². The van der Waals surface area contributed by atoms with Crippen LogP contribution >= 0.6 is 0 Å². The van der Waals surface area contributed by atoms with E-state index in [1.54, 1.807) is 20.0 Å².